The molecule has 0 bridgehead atoms. The van der Waals surface area contributed by atoms with Crippen LogP contribution in [0.2, 0.25) is 0 Å². The zero-order valence-corrected chi connectivity index (χ0v) is 20.3. The Kier molecular flexibility index (Phi) is 6.40. The van der Waals surface area contributed by atoms with Crippen LogP contribution in [0.5, 0.6) is 11.5 Å². The molecule has 1 aromatic heterocycles. The Morgan fingerprint density at radius 1 is 0.944 bits per heavy atom. The Morgan fingerprint density at radius 2 is 1.64 bits per heavy atom. The molecular formula is C28H26N4O4. The smallest absolute Gasteiger partial charge is 0.322 e. The summed E-state index contributed by atoms with van der Waals surface area (Å²) < 4.78 is 16.7. The van der Waals surface area contributed by atoms with Crippen molar-refractivity contribution in [2.24, 2.45) is 0 Å². The van der Waals surface area contributed by atoms with Gasteiger partial charge in [-0.05, 0) is 30.2 Å². The molecule has 4 aromatic rings. The van der Waals surface area contributed by atoms with Gasteiger partial charge in [0.05, 0.1) is 32.4 Å². The maximum atomic E-state index is 13.3. The molecule has 0 spiro atoms. The molecule has 1 N–H and O–H groups in total. The van der Waals surface area contributed by atoms with Crippen LogP contribution in [0.1, 0.15) is 30.0 Å². The van der Waals surface area contributed by atoms with E-state index in [0.29, 0.717) is 35.3 Å². The van der Waals surface area contributed by atoms with Crippen LogP contribution in [0.15, 0.2) is 89.1 Å². The Labute approximate surface area is 209 Å². The molecule has 5 rings (SSSR count). The zero-order valence-electron chi connectivity index (χ0n) is 20.3. The fraction of sp³-hybridized carbons (Fsp3) is 0.179. The molecule has 2 amide bonds. The normalized spacial score (nSPS) is 15.6. The molecule has 36 heavy (non-hydrogen) atoms. The highest BCUT2D eigenvalue weighted by Crippen LogP contribution is 2.40. The molecule has 8 heteroatoms. The second-order valence-corrected chi connectivity index (χ2v) is 8.36. The lowest BCUT2D eigenvalue weighted by molar-refractivity contribution is 0.203. The van der Waals surface area contributed by atoms with Gasteiger partial charge in [-0.25, -0.2) is 4.79 Å². The molecule has 0 aliphatic carbocycles. The van der Waals surface area contributed by atoms with Gasteiger partial charge in [0.25, 0.3) is 5.89 Å². The molecule has 2 heterocycles. The number of urea groups is 1. The van der Waals surface area contributed by atoms with Crippen LogP contribution in [-0.2, 0) is 6.54 Å². The third-order valence-corrected chi connectivity index (χ3v) is 6.21. The van der Waals surface area contributed by atoms with Gasteiger partial charge < -0.3 is 19.3 Å². The fourth-order valence-corrected chi connectivity index (χ4v) is 4.33. The Hall–Kier alpha value is -4.59. The highest BCUT2D eigenvalue weighted by atomic mass is 16.5. The molecule has 0 saturated carbocycles. The van der Waals surface area contributed by atoms with Crippen LogP contribution >= 0.6 is 0 Å². The summed E-state index contributed by atoms with van der Waals surface area (Å²) in [6.45, 7) is 2.30. The predicted octanol–water partition coefficient (Wildman–Crippen LogP) is 5.45. The van der Waals surface area contributed by atoms with Crippen LogP contribution < -0.4 is 14.8 Å². The van der Waals surface area contributed by atoms with E-state index in [1.165, 1.54) is 0 Å². The minimum Gasteiger partial charge on any atom is -0.493 e. The van der Waals surface area contributed by atoms with E-state index in [9.17, 15) is 4.79 Å². The molecule has 1 aliphatic heterocycles. The number of hydrogen-bond donors (Lipinski definition) is 1. The molecule has 0 radical (unpaired) electrons. The van der Waals surface area contributed by atoms with Gasteiger partial charge in [-0.2, -0.15) is 4.98 Å². The van der Waals surface area contributed by atoms with Crippen molar-refractivity contribution in [2.75, 3.05) is 14.2 Å². The average molecular weight is 483 g/mol. The minimum atomic E-state index is -0.534. The standard InChI is InChI=1S/C28H26N4O4/c1-18-24(27-30-26(31-36-27)20-12-8-5-9-13-20)25(21-14-15-22(34-2)23(16-21)35-3)29-28(33)32(18)17-19-10-6-4-7-11-19/h4-16,25H,17H2,1-3H3,(H,29,33). The summed E-state index contributed by atoms with van der Waals surface area (Å²) in [5, 5.41) is 7.34. The number of benzene rings is 3. The van der Waals surface area contributed by atoms with Crippen LogP contribution in [0.3, 0.4) is 0 Å². The SMILES string of the molecule is COc1ccc(C2NC(=O)N(Cc3ccccc3)C(C)=C2c2nc(-c3ccccc3)no2)cc1OC. The minimum absolute atomic E-state index is 0.220. The topological polar surface area (TPSA) is 89.7 Å². The largest absolute Gasteiger partial charge is 0.493 e. The van der Waals surface area contributed by atoms with Gasteiger partial charge in [0, 0.05) is 11.3 Å². The van der Waals surface area contributed by atoms with E-state index in [0.717, 1.165) is 22.4 Å². The first-order chi connectivity index (χ1) is 17.6. The van der Waals surface area contributed by atoms with Gasteiger partial charge in [-0.15, -0.1) is 0 Å². The van der Waals surface area contributed by atoms with Gasteiger partial charge in [0.15, 0.2) is 11.5 Å². The Bertz CT molecular complexity index is 1400. The summed E-state index contributed by atoms with van der Waals surface area (Å²) in [6, 6.07) is 24.2. The molecule has 1 unspecified atom stereocenters. The summed E-state index contributed by atoms with van der Waals surface area (Å²) in [7, 11) is 3.16. The van der Waals surface area contributed by atoms with Crippen molar-refractivity contribution in [3.63, 3.8) is 0 Å². The van der Waals surface area contributed by atoms with E-state index >= 15 is 0 Å². The van der Waals surface area contributed by atoms with Gasteiger partial charge in [0.1, 0.15) is 0 Å². The number of methoxy groups -OCH3 is 2. The quantitative estimate of drug-likeness (QED) is 0.377. The van der Waals surface area contributed by atoms with E-state index in [1.54, 1.807) is 19.1 Å². The van der Waals surface area contributed by atoms with Crippen LogP contribution in [-0.4, -0.2) is 35.3 Å². The van der Waals surface area contributed by atoms with Crippen LogP contribution in [0.25, 0.3) is 17.0 Å². The van der Waals surface area contributed by atoms with Crippen molar-refractivity contribution in [3.05, 3.63) is 102 Å². The van der Waals surface area contributed by atoms with Crippen molar-refractivity contribution in [1.29, 1.82) is 0 Å². The Morgan fingerprint density at radius 3 is 2.33 bits per heavy atom. The van der Waals surface area contributed by atoms with Gasteiger partial charge in [-0.3, -0.25) is 4.90 Å². The van der Waals surface area contributed by atoms with Crippen molar-refractivity contribution in [2.45, 2.75) is 19.5 Å². The number of hydrogen-bond acceptors (Lipinski definition) is 6. The first-order valence-electron chi connectivity index (χ1n) is 11.5. The molecule has 0 saturated heterocycles. The van der Waals surface area contributed by atoms with Crippen molar-refractivity contribution in [1.82, 2.24) is 20.4 Å². The van der Waals surface area contributed by atoms with Gasteiger partial charge in [-0.1, -0.05) is 71.9 Å². The third kappa shape index (κ3) is 4.40. The number of aromatic nitrogens is 2. The van der Waals surface area contributed by atoms with Gasteiger partial charge >= 0.3 is 6.03 Å². The van der Waals surface area contributed by atoms with E-state index < -0.39 is 6.04 Å². The average Bonchev–Trinajstić information content (AvgIpc) is 3.41. The second-order valence-electron chi connectivity index (χ2n) is 8.36. The number of rotatable bonds is 7. The summed E-state index contributed by atoms with van der Waals surface area (Å²) in [4.78, 5) is 19.7. The summed E-state index contributed by atoms with van der Waals surface area (Å²) in [6.07, 6.45) is 0. The maximum Gasteiger partial charge on any atom is 0.322 e. The van der Waals surface area contributed by atoms with Crippen molar-refractivity contribution in [3.8, 4) is 22.9 Å². The van der Waals surface area contributed by atoms with E-state index in [-0.39, 0.29) is 6.03 Å². The predicted molar refractivity (Wildman–Crippen MR) is 135 cm³/mol. The fourth-order valence-electron chi connectivity index (χ4n) is 4.33. The molecule has 3 aromatic carbocycles. The lowest BCUT2D eigenvalue weighted by atomic mass is 9.94. The number of nitrogens with one attached hydrogen (secondary N) is 1. The number of ether oxygens (including phenoxy) is 2. The molecule has 8 nitrogen and oxygen atoms in total. The zero-order chi connectivity index (χ0) is 25.1. The molecule has 182 valence electrons. The van der Waals surface area contributed by atoms with Crippen molar-refractivity contribution >= 4 is 11.6 Å². The Balaban J connectivity index is 1.62. The van der Waals surface area contributed by atoms with Crippen molar-refractivity contribution < 1.29 is 18.8 Å². The molecular weight excluding hydrogens is 456 g/mol. The van der Waals surface area contributed by atoms with Gasteiger partial charge in [0.2, 0.25) is 5.82 Å². The summed E-state index contributed by atoms with van der Waals surface area (Å²) >= 11 is 0. The summed E-state index contributed by atoms with van der Waals surface area (Å²) in [5.41, 5.74) is 4.09. The van der Waals surface area contributed by atoms with E-state index in [4.69, 9.17) is 19.0 Å². The summed E-state index contributed by atoms with van der Waals surface area (Å²) in [5.74, 6) is 1.97. The maximum absolute atomic E-state index is 13.3. The number of allylic oxidation sites excluding steroid dienone is 1. The van der Waals surface area contributed by atoms with Crippen LogP contribution in [0, 0.1) is 0 Å². The highest BCUT2D eigenvalue weighted by molar-refractivity contribution is 5.87. The van der Waals surface area contributed by atoms with E-state index in [2.05, 4.69) is 10.5 Å². The number of nitrogens with zero attached hydrogens (tertiary/aromatic N) is 3. The first kappa shape index (κ1) is 23.2. The molecule has 1 atom stereocenters. The number of amides is 2. The monoisotopic (exact) mass is 482 g/mol. The first-order valence-corrected chi connectivity index (χ1v) is 11.5. The lowest BCUT2D eigenvalue weighted by Gasteiger charge is -2.35. The third-order valence-electron chi connectivity index (χ3n) is 6.21. The van der Waals surface area contributed by atoms with Crippen LogP contribution in [0.4, 0.5) is 4.79 Å². The van der Waals surface area contributed by atoms with E-state index in [1.807, 2.05) is 85.8 Å². The number of carbonyl (C=O) groups is 1. The highest BCUT2D eigenvalue weighted by Gasteiger charge is 2.36. The second kappa shape index (κ2) is 9.95. The lowest BCUT2D eigenvalue weighted by Crippen LogP contribution is -2.45. The molecule has 0 fully saturated rings. The molecule has 1 aliphatic rings. The number of carbonyl (C=O) groups excluding carboxylic acids is 1.